The van der Waals surface area contributed by atoms with Gasteiger partial charge in [-0.1, -0.05) is 13.3 Å². The Morgan fingerprint density at radius 2 is 2.03 bits per heavy atom. The molecule has 0 radical (unpaired) electrons. The van der Waals surface area contributed by atoms with Crippen molar-refractivity contribution in [2.24, 2.45) is 0 Å². The molecule has 2 aromatic rings. The molecule has 5 heteroatoms. The highest BCUT2D eigenvalue weighted by molar-refractivity contribution is 6.18. The van der Waals surface area contributed by atoms with Crippen LogP contribution in [-0.2, 0) is 6.42 Å². The number of fused-ring (bicyclic) bond motifs is 2. The van der Waals surface area contributed by atoms with Gasteiger partial charge in [-0.05, 0) is 86.9 Å². The number of likely N-dealkylation sites (tertiary alicyclic amines) is 1. The molecule has 1 atom stereocenters. The zero-order valence-electron chi connectivity index (χ0n) is 19.1. The summed E-state index contributed by atoms with van der Waals surface area (Å²) in [4.78, 5) is 34.7. The largest absolute Gasteiger partial charge is 0.336 e. The number of hydrogen-bond donors (Lipinski definition) is 0. The van der Waals surface area contributed by atoms with Crippen molar-refractivity contribution in [3.05, 3.63) is 58.3 Å². The number of rotatable bonds is 4. The second kappa shape index (κ2) is 8.53. The van der Waals surface area contributed by atoms with Gasteiger partial charge in [0.15, 0.2) is 5.78 Å². The van der Waals surface area contributed by atoms with E-state index in [-0.39, 0.29) is 11.7 Å². The maximum atomic E-state index is 13.1. The second-order valence-corrected chi connectivity index (χ2v) is 9.33. The number of anilines is 2. The van der Waals surface area contributed by atoms with Crippen LogP contribution in [0.4, 0.5) is 11.5 Å². The third-order valence-electron chi connectivity index (χ3n) is 7.07. The molecule has 1 fully saturated rings. The van der Waals surface area contributed by atoms with Crippen molar-refractivity contribution in [1.29, 1.82) is 0 Å². The molecule has 32 heavy (non-hydrogen) atoms. The first-order valence-electron chi connectivity index (χ1n) is 12.0. The first-order chi connectivity index (χ1) is 15.6. The molecule has 0 bridgehead atoms. The topological polar surface area (TPSA) is 53.5 Å². The number of pyridine rings is 1. The Morgan fingerprint density at radius 1 is 1.16 bits per heavy atom. The Kier molecular flexibility index (Phi) is 5.58. The van der Waals surface area contributed by atoms with E-state index in [0.717, 1.165) is 85.4 Å². The van der Waals surface area contributed by atoms with Crippen LogP contribution in [0.15, 0.2) is 36.0 Å². The van der Waals surface area contributed by atoms with Gasteiger partial charge in [0.1, 0.15) is 5.82 Å². The molecule has 0 unspecified atom stereocenters. The Bertz CT molecular complexity index is 1100. The molecule has 3 heterocycles. The molecular weight excluding hydrogens is 398 g/mol. The summed E-state index contributed by atoms with van der Waals surface area (Å²) in [6.45, 7) is 5.96. The van der Waals surface area contributed by atoms with Gasteiger partial charge in [0, 0.05) is 42.2 Å². The standard InChI is InChI=1S/C27H31N3O2/c1-3-7-19-14-21-16-23(10-11-24(21)25(19)31)30-13-6-9-20-15-22(17-28-26(20)30)27(32)29-12-5-4-8-18(29)2/h10-11,14-18H,3-9,12-13H2,1-2H3/t18-/m1/s1. The number of hydrogen-bond acceptors (Lipinski definition) is 4. The average molecular weight is 430 g/mol. The molecule has 0 saturated carbocycles. The van der Waals surface area contributed by atoms with Crippen LogP contribution in [-0.4, -0.2) is 40.7 Å². The van der Waals surface area contributed by atoms with Crippen molar-refractivity contribution in [2.45, 2.75) is 64.8 Å². The molecule has 166 valence electrons. The van der Waals surface area contributed by atoms with E-state index in [1.807, 2.05) is 29.2 Å². The molecular formula is C27H31N3O2. The number of piperidine rings is 1. The van der Waals surface area contributed by atoms with Gasteiger partial charge in [0.2, 0.25) is 0 Å². The summed E-state index contributed by atoms with van der Waals surface area (Å²) in [5, 5.41) is 0. The van der Waals surface area contributed by atoms with E-state index < -0.39 is 0 Å². The highest BCUT2D eigenvalue weighted by Crippen LogP contribution is 2.36. The summed E-state index contributed by atoms with van der Waals surface area (Å²) in [7, 11) is 0. The van der Waals surface area contributed by atoms with Crippen LogP contribution >= 0.6 is 0 Å². The molecule has 0 N–H and O–H groups in total. The summed E-state index contributed by atoms with van der Waals surface area (Å²) < 4.78 is 0. The minimum Gasteiger partial charge on any atom is -0.336 e. The van der Waals surface area contributed by atoms with E-state index in [1.165, 1.54) is 6.42 Å². The molecule has 1 aromatic heterocycles. The number of carbonyl (C=O) groups excluding carboxylic acids is 2. The number of allylic oxidation sites excluding steroid dienone is 1. The lowest BCUT2D eigenvalue weighted by molar-refractivity contribution is 0.0635. The second-order valence-electron chi connectivity index (χ2n) is 9.33. The van der Waals surface area contributed by atoms with Gasteiger partial charge in [0.25, 0.3) is 5.91 Å². The van der Waals surface area contributed by atoms with Crippen LogP contribution in [0.3, 0.4) is 0 Å². The highest BCUT2D eigenvalue weighted by Gasteiger charge is 2.28. The number of carbonyl (C=O) groups is 2. The zero-order valence-corrected chi connectivity index (χ0v) is 19.1. The minimum atomic E-state index is 0.106. The van der Waals surface area contributed by atoms with Crippen molar-refractivity contribution in [3.8, 4) is 0 Å². The highest BCUT2D eigenvalue weighted by atomic mass is 16.2. The summed E-state index contributed by atoms with van der Waals surface area (Å²) >= 11 is 0. The van der Waals surface area contributed by atoms with Gasteiger partial charge in [0.05, 0.1) is 5.56 Å². The minimum absolute atomic E-state index is 0.106. The molecule has 0 spiro atoms. The normalized spacial score (nSPS) is 20.1. The first-order valence-corrected chi connectivity index (χ1v) is 12.0. The van der Waals surface area contributed by atoms with Crippen LogP contribution in [0.2, 0.25) is 0 Å². The van der Waals surface area contributed by atoms with E-state index >= 15 is 0 Å². The van der Waals surface area contributed by atoms with E-state index in [9.17, 15) is 9.59 Å². The fourth-order valence-electron chi connectivity index (χ4n) is 5.32. The lowest BCUT2D eigenvalue weighted by Crippen LogP contribution is -2.42. The third kappa shape index (κ3) is 3.64. The van der Waals surface area contributed by atoms with Gasteiger partial charge in [-0.3, -0.25) is 9.59 Å². The summed E-state index contributed by atoms with van der Waals surface area (Å²) in [6.07, 6.45) is 10.9. The van der Waals surface area contributed by atoms with Crippen LogP contribution in [0, 0.1) is 0 Å². The van der Waals surface area contributed by atoms with Gasteiger partial charge in [-0.25, -0.2) is 4.98 Å². The molecule has 1 aliphatic carbocycles. The Balaban J connectivity index is 1.43. The molecule has 5 nitrogen and oxygen atoms in total. The molecule has 5 rings (SSSR count). The number of amides is 1. The molecule has 2 aliphatic heterocycles. The average Bonchev–Trinajstić information content (AvgIpc) is 3.13. The lowest BCUT2D eigenvalue weighted by atomic mass is 9.99. The van der Waals surface area contributed by atoms with E-state index in [2.05, 4.69) is 24.8 Å². The van der Waals surface area contributed by atoms with Crippen LogP contribution in [0.25, 0.3) is 6.08 Å². The number of benzene rings is 1. The number of aryl methyl sites for hydroxylation is 1. The SMILES string of the molecule is CCCC1=Cc2cc(N3CCCc4cc(C(=O)N5CCCC[C@H]5C)cnc43)ccc2C1=O. The van der Waals surface area contributed by atoms with E-state index in [0.29, 0.717) is 11.6 Å². The van der Waals surface area contributed by atoms with Crippen LogP contribution in [0.5, 0.6) is 0 Å². The van der Waals surface area contributed by atoms with Crippen molar-refractivity contribution < 1.29 is 9.59 Å². The molecule has 1 saturated heterocycles. The van der Waals surface area contributed by atoms with Gasteiger partial charge >= 0.3 is 0 Å². The van der Waals surface area contributed by atoms with Crippen molar-refractivity contribution >= 4 is 29.3 Å². The van der Waals surface area contributed by atoms with Crippen molar-refractivity contribution in [3.63, 3.8) is 0 Å². The quantitative estimate of drug-likeness (QED) is 0.638. The van der Waals surface area contributed by atoms with Gasteiger partial charge < -0.3 is 9.80 Å². The fourth-order valence-corrected chi connectivity index (χ4v) is 5.32. The Labute approximate surface area is 190 Å². The predicted octanol–water partition coefficient (Wildman–Crippen LogP) is 5.56. The van der Waals surface area contributed by atoms with Crippen molar-refractivity contribution in [1.82, 2.24) is 9.88 Å². The number of nitrogens with zero attached hydrogens (tertiary/aromatic N) is 3. The summed E-state index contributed by atoms with van der Waals surface area (Å²) in [6, 6.07) is 8.44. The summed E-state index contributed by atoms with van der Waals surface area (Å²) in [5.41, 5.74) is 5.61. The Morgan fingerprint density at radius 3 is 2.84 bits per heavy atom. The Hall–Kier alpha value is -2.95. The van der Waals surface area contributed by atoms with Crippen molar-refractivity contribution in [2.75, 3.05) is 18.0 Å². The molecule has 1 aromatic carbocycles. The number of Topliss-reactive ketones (excluding diaryl/α,β-unsaturated/α-hetero) is 1. The van der Waals surface area contributed by atoms with Crippen LogP contribution < -0.4 is 4.90 Å². The maximum Gasteiger partial charge on any atom is 0.255 e. The monoisotopic (exact) mass is 429 g/mol. The molecule has 1 amide bonds. The van der Waals surface area contributed by atoms with E-state index in [1.54, 1.807) is 6.20 Å². The number of aromatic nitrogens is 1. The maximum absolute atomic E-state index is 13.1. The summed E-state index contributed by atoms with van der Waals surface area (Å²) in [5.74, 6) is 1.21. The fraction of sp³-hybridized carbons (Fsp3) is 0.444. The third-order valence-corrected chi connectivity index (χ3v) is 7.07. The first kappa shape index (κ1) is 20.9. The van der Waals surface area contributed by atoms with E-state index in [4.69, 9.17) is 4.98 Å². The number of ketones is 1. The molecule has 3 aliphatic rings. The smallest absolute Gasteiger partial charge is 0.255 e. The van der Waals surface area contributed by atoms with Gasteiger partial charge in [-0.2, -0.15) is 0 Å². The van der Waals surface area contributed by atoms with Gasteiger partial charge in [-0.15, -0.1) is 0 Å². The predicted molar refractivity (Wildman–Crippen MR) is 128 cm³/mol. The zero-order chi connectivity index (χ0) is 22.2. The van der Waals surface area contributed by atoms with Crippen LogP contribution in [0.1, 0.15) is 84.2 Å². The lowest BCUT2D eigenvalue weighted by Gasteiger charge is -2.34.